The standard InChI is InChI=1S/C23H20FNO3S/c1-2-27-23(26)22-16(20-17(24)10-6-12-19(20)29-22)14-25-21(18-11-7-13-28-18)15-8-4-3-5-9-15/h3-13,21,25H,2,14H2,1H3/p+1/t21-/m1/s1. The fraction of sp³-hybridized carbons (Fsp3) is 0.174. The van der Waals surface area contributed by atoms with Gasteiger partial charge < -0.3 is 14.5 Å². The summed E-state index contributed by atoms with van der Waals surface area (Å²) in [4.78, 5) is 13.0. The summed E-state index contributed by atoms with van der Waals surface area (Å²) in [6.45, 7) is 2.45. The number of carbonyl (C=O) groups excluding carboxylic acids is 1. The third-order valence-electron chi connectivity index (χ3n) is 4.79. The molecule has 0 spiro atoms. The molecule has 2 heterocycles. The van der Waals surface area contributed by atoms with E-state index in [9.17, 15) is 9.18 Å². The zero-order valence-electron chi connectivity index (χ0n) is 15.9. The van der Waals surface area contributed by atoms with Gasteiger partial charge in [-0.2, -0.15) is 0 Å². The Bertz CT molecular complexity index is 1110. The van der Waals surface area contributed by atoms with E-state index in [4.69, 9.17) is 9.15 Å². The minimum absolute atomic E-state index is 0.108. The topological polar surface area (TPSA) is 56.0 Å². The Balaban J connectivity index is 1.72. The van der Waals surface area contributed by atoms with Gasteiger partial charge in [0.25, 0.3) is 0 Å². The maximum absolute atomic E-state index is 14.7. The molecule has 0 aliphatic carbocycles. The number of furan rings is 1. The van der Waals surface area contributed by atoms with Crippen molar-refractivity contribution in [3.05, 3.63) is 94.5 Å². The first-order valence-electron chi connectivity index (χ1n) is 9.47. The van der Waals surface area contributed by atoms with E-state index in [1.54, 1.807) is 19.3 Å². The van der Waals surface area contributed by atoms with Crippen LogP contribution in [0.3, 0.4) is 0 Å². The molecule has 29 heavy (non-hydrogen) atoms. The lowest BCUT2D eigenvalue weighted by Gasteiger charge is -2.14. The molecule has 0 unspecified atom stereocenters. The Morgan fingerprint density at radius 3 is 2.69 bits per heavy atom. The molecule has 4 nitrogen and oxygen atoms in total. The fourth-order valence-corrected chi connectivity index (χ4v) is 4.64. The summed E-state index contributed by atoms with van der Waals surface area (Å²) in [5, 5.41) is 2.55. The predicted molar refractivity (Wildman–Crippen MR) is 110 cm³/mol. The van der Waals surface area contributed by atoms with E-state index < -0.39 is 5.97 Å². The molecule has 0 saturated heterocycles. The zero-order valence-corrected chi connectivity index (χ0v) is 16.7. The van der Waals surface area contributed by atoms with Crippen molar-refractivity contribution in [3.8, 4) is 0 Å². The quantitative estimate of drug-likeness (QED) is 0.451. The number of hydrogen-bond donors (Lipinski definition) is 1. The molecule has 1 atom stereocenters. The molecule has 0 fully saturated rings. The molecule has 2 N–H and O–H groups in total. The highest BCUT2D eigenvalue weighted by molar-refractivity contribution is 7.21. The highest BCUT2D eigenvalue weighted by atomic mass is 32.1. The van der Waals surface area contributed by atoms with Crippen molar-refractivity contribution in [1.82, 2.24) is 0 Å². The number of ether oxygens (including phenoxy) is 1. The van der Waals surface area contributed by atoms with Crippen LogP contribution in [0.4, 0.5) is 4.39 Å². The van der Waals surface area contributed by atoms with Crippen molar-refractivity contribution in [2.45, 2.75) is 19.5 Å². The first-order valence-corrected chi connectivity index (χ1v) is 10.3. The molecular formula is C23H21FNO3S+. The third kappa shape index (κ3) is 3.95. The highest BCUT2D eigenvalue weighted by Gasteiger charge is 2.26. The smallest absolute Gasteiger partial charge is 0.348 e. The molecule has 0 aliphatic rings. The van der Waals surface area contributed by atoms with E-state index in [-0.39, 0.29) is 18.5 Å². The van der Waals surface area contributed by atoms with Gasteiger partial charge >= 0.3 is 5.97 Å². The molecule has 148 valence electrons. The Kier molecular flexibility index (Phi) is 5.74. The van der Waals surface area contributed by atoms with Crippen molar-refractivity contribution in [2.75, 3.05) is 6.61 Å². The van der Waals surface area contributed by atoms with Crippen molar-refractivity contribution in [3.63, 3.8) is 0 Å². The zero-order chi connectivity index (χ0) is 20.2. The van der Waals surface area contributed by atoms with Crippen LogP contribution in [0.15, 0.2) is 71.3 Å². The maximum atomic E-state index is 14.7. The molecule has 2 aromatic heterocycles. The Morgan fingerprint density at radius 2 is 1.97 bits per heavy atom. The molecule has 0 radical (unpaired) electrons. The SMILES string of the molecule is CCOC(=O)c1sc2cccc(F)c2c1C[NH2+][C@H](c1ccccc1)c1ccco1. The Morgan fingerprint density at radius 1 is 1.14 bits per heavy atom. The van der Waals surface area contributed by atoms with Gasteiger partial charge in [0, 0.05) is 21.2 Å². The number of quaternary nitrogens is 1. The summed E-state index contributed by atoms with van der Waals surface area (Å²) in [6, 6.07) is 18.6. The second-order valence-corrected chi connectivity index (χ2v) is 7.64. The summed E-state index contributed by atoms with van der Waals surface area (Å²) >= 11 is 1.27. The number of esters is 1. The van der Waals surface area contributed by atoms with E-state index in [0.717, 1.165) is 16.0 Å². The number of thiophene rings is 1. The van der Waals surface area contributed by atoms with Gasteiger partial charge in [-0.3, -0.25) is 0 Å². The fourth-order valence-electron chi connectivity index (χ4n) is 3.50. The monoisotopic (exact) mass is 410 g/mol. The van der Waals surface area contributed by atoms with Gasteiger partial charge in [-0.1, -0.05) is 36.4 Å². The molecule has 0 bridgehead atoms. The van der Waals surface area contributed by atoms with Crippen LogP contribution in [-0.2, 0) is 11.3 Å². The van der Waals surface area contributed by atoms with E-state index in [2.05, 4.69) is 5.32 Å². The minimum Gasteiger partial charge on any atom is -0.463 e. The van der Waals surface area contributed by atoms with Crippen molar-refractivity contribution in [1.29, 1.82) is 0 Å². The average Bonchev–Trinajstić information content (AvgIpc) is 3.38. The van der Waals surface area contributed by atoms with Crippen LogP contribution < -0.4 is 5.32 Å². The van der Waals surface area contributed by atoms with Crippen LogP contribution in [-0.4, -0.2) is 12.6 Å². The number of rotatable bonds is 7. The molecule has 6 heteroatoms. The van der Waals surface area contributed by atoms with Gasteiger partial charge in [0.2, 0.25) is 0 Å². The molecule has 4 rings (SSSR count). The van der Waals surface area contributed by atoms with E-state index in [1.807, 2.05) is 48.5 Å². The molecular weight excluding hydrogens is 389 g/mol. The summed E-state index contributed by atoms with van der Waals surface area (Å²) < 4.78 is 26.3. The van der Waals surface area contributed by atoms with E-state index in [0.29, 0.717) is 22.4 Å². The first kappa shape index (κ1) is 19.4. The number of halogens is 1. The van der Waals surface area contributed by atoms with Gasteiger partial charge in [0.05, 0.1) is 12.9 Å². The van der Waals surface area contributed by atoms with Crippen molar-refractivity contribution in [2.24, 2.45) is 0 Å². The number of hydrogen-bond acceptors (Lipinski definition) is 4. The summed E-state index contributed by atoms with van der Waals surface area (Å²) in [5.41, 5.74) is 1.73. The molecule has 0 saturated carbocycles. The third-order valence-corrected chi connectivity index (χ3v) is 5.97. The number of carbonyl (C=O) groups is 1. The average molecular weight is 410 g/mol. The van der Waals surface area contributed by atoms with Gasteiger partial charge in [0.15, 0.2) is 11.8 Å². The normalized spacial score (nSPS) is 12.2. The van der Waals surface area contributed by atoms with Crippen LogP contribution in [0.25, 0.3) is 10.1 Å². The van der Waals surface area contributed by atoms with Gasteiger partial charge in [0.1, 0.15) is 17.2 Å². The number of fused-ring (bicyclic) bond motifs is 1. The van der Waals surface area contributed by atoms with E-state index in [1.165, 1.54) is 17.4 Å². The highest BCUT2D eigenvalue weighted by Crippen LogP contribution is 2.33. The number of benzene rings is 2. The minimum atomic E-state index is -0.411. The van der Waals surface area contributed by atoms with Gasteiger partial charge in [-0.05, 0) is 31.2 Å². The molecule has 0 amide bonds. The van der Waals surface area contributed by atoms with Crippen LogP contribution >= 0.6 is 11.3 Å². The van der Waals surface area contributed by atoms with Gasteiger partial charge in [-0.15, -0.1) is 11.3 Å². The maximum Gasteiger partial charge on any atom is 0.348 e. The molecule has 4 aromatic rings. The lowest BCUT2D eigenvalue weighted by Crippen LogP contribution is -2.84. The Labute approximate surface area is 171 Å². The largest absolute Gasteiger partial charge is 0.463 e. The van der Waals surface area contributed by atoms with Crippen LogP contribution in [0.5, 0.6) is 0 Å². The lowest BCUT2D eigenvalue weighted by atomic mass is 10.0. The van der Waals surface area contributed by atoms with Crippen LogP contribution in [0.2, 0.25) is 0 Å². The summed E-state index contributed by atoms with van der Waals surface area (Å²) in [5.74, 6) is 0.0617. The van der Waals surface area contributed by atoms with Crippen LogP contribution in [0.1, 0.15) is 39.5 Å². The van der Waals surface area contributed by atoms with Crippen LogP contribution in [0, 0.1) is 5.82 Å². The summed E-state index contributed by atoms with van der Waals surface area (Å²) in [6.07, 6.45) is 1.64. The second kappa shape index (κ2) is 8.59. The number of nitrogens with two attached hydrogens (primary N) is 1. The predicted octanol–water partition coefficient (Wildman–Crippen LogP) is 4.66. The lowest BCUT2D eigenvalue weighted by molar-refractivity contribution is -0.704. The van der Waals surface area contributed by atoms with Crippen molar-refractivity contribution >= 4 is 27.4 Å². The summed E-state index contributed by atoms with van der Waals surface area (Å²) in [7, 11) is 0. The molecule has 2 aromatic carbocycles. The Hall–Kier alpha value is -2.96. The van der Waals surface area contributed by atoms with Gasteiger partial charge in [-0.25, -0.2) is 9.18 Å². The second-order valence-electron chi connectivity index (χ2n) is 6.59. The van der Waals surface area contributed by atoms with E-state index >= 15 is 0 Å². The first-order chi connectivity index (χ1) is 14.2. The molecule has 0 aliphatic heterocycles. The van der Waals surface area contributed by atoms with Crippen molar-refractivity contribution < 1.29 is 23.7 Å².